The summed E-state index contributed by atoms with van der Waals surface area (Å²) < 4.78 is 0. The highest BCUT2D eigenvalue weighted by Crippen LogP contribution is 2.49. The van der Waals surface area contributed by atoms with E-state index in [1.807, 2.05) is 25.1 Å². The van der Waals surface area contributed by atoms with Crippen molar-refractivity contribution < 1.29 is 0 Å². The van der Waals surface area contributed by atoms with Crippen molar-refractivity contribution in [1.29, 1.82) is 5.26 Å². The van der Waals surface area contributed by atoms with Gasteiger partial charge in [-0.2, -0.15) is 5.26 Å². The van der Waals surface area contributed by atoms with Crippen molar-refractivity contribution in [3.63, 3.8) is 0 Å². The molecular weight excluding hydrogens is 294 g/mol. The monoisotopic (exact) mass is 303 g/mol. The number of halogens is 1. The van der Waals surface area contributed by atoms with Crippen LogP contribution in [-0.2, 0) is 0 Å². The number of hydrogen-bond acceptors (Lipinski definition) is 3. The van der Waals surface area contributed by atoms with Crippen LogP contribution < -0.4 is 0 Å². The predicted molar refractivity (Wildman–Crippen MR) is 80.2 cm³/mol. The van der Waals surface area contributed by atoms with Crippen molar-refractivity contribution >= 4 is 35.1 Å². The minimum Gasteiger partial charge on any atom is -0.198 e. The molecule has 2 aromatic carbocycles. The van der Waals surface area contributed by atoms with Gasteiger partial charge in [0.15, 0.2) is 0 Å². The van der Waals surface area contributed by atoms with Gasteiger partial charge in [0.05, 0.1) is 12.0 Å². The van der Waals surface area contributed by atoms with Crippen LogP contribution in [0.3, 0.4) is 0 Å². The second-order valence-electron chi connectivity index (χ2n) is 4.35. The Morgan fingerprint density at radius 1 is 1.00 bits per heavy atom. The SMILES string of the molecule is CC(C#N)c1ccc2c(c1)Sc1cc(Cl)ccc1S2. The Morgan fingerprint density at radius 2 is 1.63 bits per heavy atom. The molecule has 0 aliphatic carbocycles. The minimum absolute atomic E-state index is 0.0725. The molecule has 3 rings (SSSR count). The van der Waals surface area contributed by atoms with Gasteiger partial charge in [0, 0.05) is 24.6 Å². The zero-order valence-corrected chi connectivity index (χ0v) is 12.6. The Bertz CT molecular complexity index is 691. The van der Waals surface area contributed by atoms with E-state index in [0.29, 0.717) is 0 Å². The average Bonchev–Trinajstić information content (AvgIpc) is 2.43. The molecule has 0 N–H and O–H groups in total. The van der Waals surface area contributed by atoms with E-state index in [1.165, 1.54) is 19.6 Å². The van der Waals surface area contributed by atoms with Gasteiger partial charge in [-0.25, -0.2) is 0 Å². The summed E-state index contributed by atoms with van der Waals surface area (Å²) in [5.41, 5.74) is 1.07. The van der Waals surface area contributed by atoms with Crippen LogP contribution in [0.4, 0.5) is 0 Å². The smallest absolute Gasteiger partial charge is 0.0700 e. The lowest BCUT2D eigenvalue weighted by atomic mass is 10.0. The first-order chi connectivity index (χ1) is 9.17. The summed E-state index contributed by atoms with van der Waals surface area (Å²) in [7, 11) is 0. The maximum Gasteiger partial charge on any atom is 0.0700 e. The predicted octanol–water partition coefficient (Wildman–Crippen LogP) is 5.58. The minimum atomic E-state index is -0.0725. The van der Waals surface area contributed by atoms with Crippen LogP contribution in [0.25, 0.3) is 0 Å². The van der Waals surface area contributed by atoms with E-state index in [2.05, 4.69) is 24.3 Å². The summed E-state index contributed by atoms with van der Waals surface area (Å²) in [6.45, 7) is 1.92. The van der Waals surface area contributed by atoms with Gasteiger partial charge in [-0.15, -0.1) is 0 Å². The van der Waals surface area contributed by atoms with Gasteiger partial charge >= 0.3 is 0 Å². The van der Waals surface area contributed by atoms with Crippen LogP contribution >= 0.6 is 35.1 Å². The third-order valence-corrected chi connectivity index (χ3v) is 5.77. The lowest BCUT2D eigenvalue weighted by Crippen LogP contribution is -1.94. The molecule has 0 aromatic heterocycles. The quantitative estimate of drug-likeness (QED) is 0.586. The zero-order chi connectivity index (χ0) is 13.4. The molecule has 94 valence electrons. The Balaban J connectivity index is 2.01. The first-order valence-electron chi connectivity index (χ1n) is 5.86. The molecular formula is C15H10ClNS2. The van der Waals surface area contributed by atoms with E-state index in [0.717, 1.165) is 10.6 Å². The van der Waals surface area contributed by atoms with Gasteiger partial charge in [0.2, 0.25) is 0 Å². The topological polar surface area (TPSA) is 23.8 Å². The summed E-state index contributed by atoms with van der Waals surface area (Å²) in [6.07, 6.45) is 0. The zero-order valence-electron chi connectivity index (χ0n) is 10.2. The van der Waals surface area contributed by atoms with Crippen LogP contribution in [0.5, 0.6) is 0 Å². The summed E-state index contributed by atoms with van der Waals surface area (Å²) in [6, 6.07) is 14.5. The number of fused-ring (bicyclic) bond motifs is 2. The van der Waals surface area contributed by atoms with Crippen LogP contribution in [0.15, 0.2) is 56.0 Å². The van der Waals surface area contributed by atoms with E-state index in [-0.39, 0.29) is 5.92 Å². The molecule has 1 aliphatic rings. The van der Waals surface area contributed by atoms with E-state index in [9.17, 15) is 0 Å². The first kappa shape index (κ1) is 12.9. The van der Waals surface area contributed by atoms with Gasteiger partial charge in [0.1, 0.15) is 0 Å². The van der Waals surface area contributed by atoms with Crippen molar-refractivity contribution in [1.82, 2.24) is 0 Å². The molecule has 1 heterocycles. The fourth-order valence-corrected chi connectivity index (χ4v) is 4.44. The molecule has 1 atom stereocenters. The van der Waals surface area contributed by atoms with Gasteiger partial charge < -0.3 is 0 Å². The van der Waals surface area contributed by atoms with E-state index in [1.54, 1.807) is 23.5 Å². The number of benzene rings is 2. The number of nitrogens with zero attached hydrogens (tertiary/aromatic N) is 1. The molecule has 0 saturated heterocycles. The third-order valence-electron chi connectivity index (χ3n) is 3.01. The summed E-state index contributed by atoms with van der Waals surface area (Å²) in [5.74, 6) is -0.0725. The molecule has 19 heavy (non-hydrogen) atoms. The average molecular weight is 304 g/mol. The highest BCUT2D eigenvalue weighted by atomic mass is 35.5. The van der Waals surface area contributed by atoms with Crippen molar-refractivity contribution in [2.75, 3.05) is 0 Å². The lowest BCUT2D eigenvalue weighted by molar-refractivity contribution is 0.963. The fraction of sp³-hybridized carbons (Fsp3) is 0.133. The molecule has 0 amide bonds. The Hall–Kier alpha value is -1.08. The van der Waals surface area contributed by atoms with Crippen LogP contribution in [0, 0.1) is 11.3 Å². The van der Waals surface area contributed by atoms with E-state index >= 15 is 0 Å². The van der Waals surface area contributed by atoms with E-state index in [4.69, 9.17) is 16.9 Å². The van der Waals surface area contributed by atoms with Gasteiger partial charge in [-0.05, 0) is 42.8 Å². The van der Waals surface area contributed by atoms with Crippen LogP contribution in [-0.4, -0.2) is 0 Å². The highest BCUT2D eigenvalue weighted by Gasteiger charge is 2.18. The molecule has 1 unspecified atom stereocenters. The van der Waals surface area contributed by atoms with Gasteiger partial charge in [-0.3, -0.25) is 0 Å². The van der Waals surface area contributed by atoms with Gasteiger partial charge in [0.25, 0.3) is 0 Å². The molecule has 0 radical (unpaired) electrons. The standard InChI is InChI=1S/C15H10ClNS2/c1-9(8-17)10-2-4-12-14(6-10)19-15-7-11(16)3-5-13(15)18-12/h2-7,9H,1H3. The number of nitriles is 1. The second kappa shape index (κ2) is 5.13. The summed E-state index contributed by atoms with van der Waals surface area (Å²) >= 11 is 9.52. The van der Waals surface area contributed by atoms with Crippen molar-refractivity contribution in [2.45, 2.75) is 32.4 Å². The van der Waals surface area contributed by atoms with E-state index < -0.39 is 0 Å². The Morgan fingerprint density at radius 3 is 2.37 bits per heavy atom. The molecule has 0 bridgehead atoms. The number of rotatable bonds is 1. The first-order valence-corrected chi connectivity index (χ1v) is 7.87. The molecule has 0 fully saturated rings. The normalized spacial score (nSPS) is 14.2. The largest absolute Gasteiger partial charge is 0.198 e. The third kappa shape index (κ3) is 2.49. The Labute approximate surface area is 126 Å². The van der Waals surface area contributed by atoms with Gasteiger partial charge in [-0.1, -0.05) is 41.2 Å². The maximum absolute atomic E-state index is 9.01. The van der Waals surface area contributed by atoms with Crippen LogP contribution in [0.2, 0.25) is 5.02 Å². The van der Waals surface area contributed by atoms with Crippen molar-refractivity contribution in [3.8, 4) is 6.07 Å². The molecule has 0 saturated carbocycles. The molecule has 0 spiro atoms. The summed E-state index contributed by atoms with van der Waals surface area (Å²) in [4.78, 5) is 4.88. The van der Waals surface area contributed by atoms with Crippen LogP contribution in [0.1, 0.15) is 18.4 Å². The molecule has 4 heteroatoms. The highest BCUT2D eigenvalue weighted by molar-refractivity contribution is 8.05. The number of hydrogen-bond donors (Lipinski definition) is 0. The van der Waals surface area contributed by atoms with Crippen molar-refractivity contribution in [2.24, 2.45) is 0 Å². The molecule has 1 aliphatic heterocycles. The molecule has 1 nitrogen and oxygen atoms in total. The van der Waals surface area contributed by atoms with Crippen molar-refractivity contribution in [3.05, 3.63) is 47.0 Å². The maximum atomic E-state index is 9.01. The molecule has 2 aromatic rings. The summed E-state index contributed by atoms with van der Waals surface area (Å²) in [5, 5.41) is 9.77. The second-order valence-corrected chi connectivity index (χ2v) is 6.96. The fourth-order valence-electron chi connectivity index (χ4n) is 1.92. The lowest BCUT2D eigenvalue weighted by Gasteiger charge is -2.19. The Kier molecular flexibility index (Phi) is 3.49.